The molecule has 1 aliphatic carbocycles. The highest BCUT2D eigenvalue weighted by atomic mass is 19.4. The van der Waals surface area contributed by atoms with Gasteiger partial charge in [-0.15, -0.1) is 0 Å². The van der Waals surface area contributed by atoms with E-state index in [9.17, 15) is 22.8 Å². The second kappa shape index (κ2) is 10.0. The van der Waals surface area contributed by atoms with Gasteiger partial charge in [0.25, 0.3) is 11.8 Å². The van der Waals surface area contributed by atoms with Crippen LogP contribution in [0.3, 0.4) is 0 Å². The van der Waals surface area contributed by atoms with E-state index in [2.05, 4.69) is 32.5 Å². The van der Waals surface area contributed by atoms with E-state index >= 15 is 0 Å². The molecule has 3 aromatic rings. The first-order valence-electron chi connectivity index (χ1n) is 13.5. The molecule has 6 rings (SSSR count). The minimum absolute atomic E-state index is 0.0123. The summed E-state index contributed by atoms with van der Waals surface area (Å²) in [6, 6.07) is 11.6. The number of likely N-dealkylation sites (tertiary alicyclic amines) is 1. The third kappa shape index (κ3) is 5.08. The zero-order valence-electron chi connectivity index (χ0n) is 22.6. The van der Waals surface area contributed by atoms with Crippen molar-refractivity contribution in [1.29, 1.82) is 0 Å². The van der Waals surface area contributed by atoms with E-state index in [0.717, 1.165) is 44.3 Å². The Bertz CT molecular complexity index is 1500. The Morgan fingerprint density at radius 1 is 1.07 bits per heavy atom. The average Bonchev–Trinajstić information content (AvgIpc) is 3.72. The highest BCUT2D eigenvalue weighted by Crippen LogP contribution is 2.57. The quantitative estimate of drug-likeness (QED) is 0.437. The lowest BCUT2D eigenvalue weighted by atomic mass is 10.0. The molecule has 0 bridgehead atoms. The second-order valence-corrected chi connectivity index (χ2v) is 10.8. The van der Waals surface area contributed by atoms with Crippen molar-refractivity contribution in [3.8, 4) is 11.6 Å². The van der Waals surface area contributed by atoms with Gasteiger partial charge in [0, 0.05) is 30.5 Å². The fourth-order valence-electron chi connectivity index (χ4n) is 5.55. The Morgan fingerprint density at radius 3 is 2.44 bits per heavy atom. The molecule has 214 valence electrons. The number of hydrogen-bond acceptors (Lipinski definition) is 7. The monoisotopic (exact) mass is 566 g/mol. The zero-order valence-corrected chi connectivity index (χ0v) is 22.6. The van der Waals surface area contributed by atoms with Crippen molar-refractivity contribution < 1.29 is 27.5 Å². The van der Waals surface area contributed by atoms with Crippen LogP contribution in [-0.2, 0) is 11.7 Å². The number of aromatic nitrogens is 2. The first-order chi connectivity index (χ1) is 19.5. The number of benzene rings is 2. The summed E-state index contributed by atoms with van der Waals surface area (Å²) in [6.07, 6.45) is -0.788. The summed E-state index contributed by atoms with van der Waals surface area (Å²) >= 11 is 0. The van der Waals surface area contributed by atoms with Crippen LogP contribution in [0.5, 0.6) is 11.6 Å². The highest BCUT2D eigenvalue weighted by molar-refractivity contribution is 6.03. The minimum Gasteiger partial charge on any atom is -0.437 e. The Kier molecular flexibility index (Phi) is 6.60. The van der Waals surface area contributed by atoms with Crippen molar-refractivity contribution in [3.05, 3.63) is 70.9 Å². The standard InChI is InChI=1S/C29H29F3N6O3/c1-37-14-10-19(11-15-37)34-24(39)17-6-8-18(9-7-17)35-27-33-16-21(29(30,31)32)25(36-27)41-22-5-3-4-20-23(22)26(40)38(2)28(20)12-13-28/h3-9,16,19H,10-15H2,1-2H3,(H,34,39)(H,33,35,36). The largest absolute Gasteiger partial charge is 0.437 e. The topological polar surface area (TPSA) is 99.7 Å². The number of hydrogen-bond donors (Lipinski definition) is 2. The second-order valence-electron chi connectivity index (χ2n) is 10.8. The molecule has 2 amide bonds. The molecule has 2 aromatic carbocycles. The summed E-state index contributed by atoms with van der Waals surface area (Å²) < 4.78 is 47.3. The molecule has 2 aliphatic heterocycles. The molecule has 2 fully saturated rings. The number of anilines is 2. The smallest absolute Gasteiger partial charge is 0.423 e. The van der Waals surface area contributed by atoms with Gasteiger partial charge in [0.05, 0.1) is 11.1 Å². The predicted molar refractivity (Wildman–Crippen MR) is 144 cm³/mol. The predicted octanol–water partition coefficient (Wildman–Crippen LogP) is 4.93. The van der Waals surface area contributed by atoms with Crippen LogP contribution < -0.4 is 15.4 Å². The summed E-state index contributed by atoms with van der Waals surface area (Å²) in [7, 11) is 3.74. The molecular weight excluding hydrogens is 537 g/mol. The van der Waals surface area contributed by atoms with Gasteiger partial charge in [-0.05, 0) is 81.7 Å². The molecule has 9 nitrogen and oxygen atoms in total. The van der Waals surface area contributed by atoms with Gasteiger partial charge in [0.15, 0.2) is 0 Å². The van der Waals surface area contributed by atoms with Gasteiger partial charge in [-0.2, -0.15) is 18.2 Å². The van der Waals surface area contributed by atoms with Crippen molar-refractivity contribution >= 4 is 23.5 Å². The first kappa shape index (κ1) is 27.0. The van der Waals surface area contributed by atoms with Gasteiger partial charge in [-0.1, -0.05) is 12.1 Å². The number of nitrogens with zero attached hydrogens (tertiary/aromatic N) is 4. The molecule has 1 spiro atoms. The maximum atomic E-state index is 13.9. The minimum atomic E-state index is -4.78. The number of amides is 2. The number of rotatable bonds is 6. The third-order valence-electron chi connectivity index (χ3n) is 8.13. The maximum Gasteiger partial charge on any atom is 0.423 e. The van der Waals surface area contributed by atoms with Crippen LogP contribution in [0, 0.1) is 0 Å². The fraction of sp³-hybridized carbons (Fsp3) is 0.379. The first-order valence-corrected chi connectivity index (χ1v) is 13.5. The van der Waals surface area contributed by atoms with E-state index in [1.165, 1.54) is 6.07 Å². The van der Waals surface area contributed by atoms with Crippen molar-refractivity contribution in [2.75, 3.05) is 32.5 Å². The molecule has 41 heavy (non-hydrogen) atoms. The molecule has 0 atom stereocenters. The summed E-state index contributed by atoms with van der Waals surface area (Å²) in [4.78, 5) is 37.4. The van der Waals surface area contributed by atoms with Crippen LogP contribution in [0.2, 0.25) is 0 Å². The molecule has 3 heterocycles. The lowest BCUT2D eigenvalue weighted by Crippen LogP contribution is -2.43. The Hall–Kier alpha value is -4.19. The van der Waals surface area contributed by atoms with Crippen LogP contribution >= 0.6 is 0 Å². The van der Waals surface area contributed by atoms with Crippen LogP contribution in [0.15, 0.2) is 48.7 Å². The fourth-order valence-corrected chi connectivity index (χ4v) is 5.55. The number of ether oxygens (including phenoxy) is 1. The van der Waals surface area contributed by atoms with Crippen molar-refractivity contribution in [3.63, 3.8) is 0 Å². The number of halogens is 3. The molecule has 0 unspecified atom stereocenters. The molecule has 0 radical (unpaired) electrons. The molecule has 1 aromatic heterocycles. The summed E-state index contributed by atoms with van der Waals surface area (Å²) in [5.74, 6) is -1.32. The number of nitrogens with one attached hydrogen (secondary N) is 2. The SMILES string of the molecule is CN1CCC(NC(=O)c2ccc(Nc3ncc(C(F)(F)F)c(Oc4cccc5c4C(=O)N(C)C54CC4)n3)cc2)CC1. The van der Waals surface area contributed by atoms with Crippen LogP contribution in [0.4, 0.5) is 24.8 Å². The summed E-state index contributed by atoms with van der Waals surface area (Å²) in [6.45, 7) is 1.85. The molecule has 1 saturated carbocycles. The number of fused-ring (bicyclic) bond motifs is 2. The van der Waals surface area contributed by atoms with Gasteiger partial charge >= 0.3 is 6.18 Å². The lowest BCUT2D eigenvalue weighted by Gasteiger charge is -2.29. The average molecular weight is 567 g/mol. The number of piperidine rings is 1. The number of alkyl halides is 3. The van der Waals surface area contributed by atoms with E-state index < -0.39 is 23.2 Å². The molecule has 2 N–H and O–H groups in total. The van der Waals surface area contributed by atoms with Gasteiger partial charge in [-0.25, -0.2) is 4.98 Å². The zero-order chi connectivity index (χ0) is 28.9. The molecule has 1 saturated heterocycles. The van der Waals surface area contributed by atoms with E-state index in [1.54, 1.807) is 42.3 Å². The summed E-state index contributed by atoms with van der Waals surface area (Å²) in [5, 5.41) is 5.92. The molecule has 12 heteroatoms. The van der Waals surface area contributed by atoms with Crippen molar-refractivity contribution in [2.24, 2.45) is 0 Å². The Balaban J connectivity index is 1.21. The van der Waals surface area contributed by atoms with Gasteiger partial charge in [-0.3, -0.25) is 9.59 Å². The Labute approximate surface area is 234 Å². The molecule has 3 aliphatic rings. The Morgan fingerprint density at radius 2 is 1.78 bits per heavy atom. The number of carbonyl (C=O) groups is 2. The summed E-state index contributed by atoms with van der Waals surface area (Å²) in [5.41, 5.74) is 0.369. The van der Waals surface area contributed by atoms with E-state index in [-0.39, 0.29) is 35.1 Å². The molecular formula is C29H29F3N6O3. The highest BCUT2D eigenvalue weighted by Gasteiger charge is 2.57. The normalized spacial score (nSPS) is 18.4. The van der Waals surface area contributed by atoms with Crippen molar-refractivity contribution in [1.82, 2.24) is 25.1 Å². The van der Waals surface area contributed by atoms with Gasteiger partial charge in [0.2, 0.25) is 11.8 Å². The van der Waals surface area contributed by atoms with Crippen LogP contribution in [-0.4, -0.2) is 64.8 Å². The lowest BCUT2D eigenvalue weighted by molar-refractivity contribution is -0.139. The van der Waals surface area contributed by atoms with E-state index in [1.807, 2.05) is 6.07 Å². The number of carbonyl (C=O) groups excluding carboxylic acids is 2. The van der Waals surface area contributed by atoms with Crippen LogP contribution in [0.25, 0.3) is 0 Å². The maximum absolute atomic E-state index is 13.9. The van der Waals surface area contributed by atoms with Crippen LogP contribution in [0.1, 0.15) is 57.5 Å². The van der Waals surface area contributed by atoms with E-state index in [4.69, 9.17) is 4.74 Å². The van der Waals surface area contributed by atoms with Crippen molar-refractivity contribution in [2.45, 2.75) is 43.4 Å². The van der Waals surface area contributed by atoms with Gasteiger partial charge < -0.3 is 25.2 Å². The van der Waals surface area contributed by atoms with Gasteiger partial charge in [0.1, 0.15) is 11.3 Å². The third-order valence-corrected chi connectivity index (χ3v) is 8.13. The van der Waals surface area contributed by atoms with E-state index in [0.29, 0.717) is 17.4 Å².